The molecule has 138 valence electrons. The summed E-state index contributed by atoms with van der Waals surface area (Å²) in [5, 5.41) is 6.18. The van der Waals surface area contributed by atoms with Gasteiger partial charge in [0.2, 0.25) is 0 Å². The predicted octanol–water partition coefficient (Wildman–Crippen LogP) is 0.824. The minimum atomic E-state index is -0.0179. The molecule has 0 bridgehead atoms. The Bertz CT molecular complexity index is 1170. The highest BCUT2D eigenvalue weighted by Gasteiger charge is 2.21. The second-order valence-corrected chi connectivity index (χ2v) is 7.51. The van der Waals surface area contributed by atoms with Crippen LogP contribution in [0.3, 0.4) is 0 Å². The molecule has 0 aromatic carbocycles. The standard InChI is InChI=1S/C17H18N8OS/c1-12-8-14(25-16(20-12)18-11-19-25)23-4-2-22(3-5-23)10-13-9-15(26)24-6-7-27-17(24)21-13/h6-9,11H,2-5,10H2,1H3. The van der Waals surface area contributed by atoms with Gasteiger partial charge in [0.1, 0.15) is 12.1 Å². The molecule has 5 heterocycles. The maximum atomic E-state index is 12.2. The second-order valence-electron chi connectivity index (χ2n) is 6.63. The van der Waals surface area contributed by atoms with Crippen LogP contribution in [-0.2, 0) is 6.54 Å². The van der Waals surface area contributed by atoms with Gasteiger partial charge in [0.25, 0.3) is 11.3 Å². The lowest BCUT2D eigenvalue weighted by Gasteiger charge is -2.35. The van der Waals surface area contributed by atoms with Gasteiger partial charge in [0.05, 0.1) is 5.69 Å². The first-order valence-electron chi connectivity index (χ1n) is 8.78. The molecule has 1 fully saturated rings. The van der Waals surface area contributed by atoms with Crippen molar-refractivity contribution >= 4 is 27.9 Å². The zero-order valence-corrected chi connectivity index (χ0v) is 15.6. The van der Waals surface area contributed by atoms with E-state index in [0.29, 0.717) is 12.3 Å². The van der Waals surface area contributed by atoms with Gasteiger partial charge in [-0.3, -0.25) is 14.1 Å². The first-order valence-corrected chi connectivity index (χ1v) is 9.66. The maximum Gasteiger partial charge on any atom is 0.258 e. The molecule has 4 aromatic heterocycles. The quantitative estimate of drug-likeness (QED) is 0.519. The number of hydrogen-bond acceptors (Lipinski definition) is 8. The molecule has 27 heavy (non-hydrogen) atoms. The molecule has 1 saturated heterocycles. The first-order chi connectivity index (χ1) is 13.2. The summed E-state index contributed by atoms with van der Waals surface area (Å²) < 4.78 is 3.37. The Balaban J connectivity index is 1.32. The molecule has 1 aliphatic rings. The maximum absolute atomic E-state index is 12.2. The fraction of sp³-hybridized carbons (Fsp3) is 0.353. The lowest BCUT2D eigenvalue weighted by molar-refractivity contribution is 0.246. The van der Waals surface area contributed by atoms with E-state index >= 15 is 0 Å². The van der Waals surface area contributed by atoms with Gasteiger partial charge in [-0.05, 0) is 6.92 Å². The van der Waals surface area contributed by atoms with Gasteiger partial charge in [-0.1, -0.05) is 0 Å². The van der Waals surface area contributed by atoms with Crippen molar-refractivity contribution in [2.45, 2.75) is 13.5 Å². The van der Waals surface area contributed by atoms with E-state index in [9.17, 15) is 4.79 Å². The number of aryl methyl sites for hydroxylation is 1. The van der Waals surface area contributed by atoms with Crippen LogP contribution in [0.5, 0.6) is 0 Å². The molecular weight excluding hydrogens is 364 g/mol. The Hall–Kier alpha value is -2.85. The molecule has 5 rings (SSSR count). The van der Waals surface area contributed by atoms with Crippen molar-refractivity contribution < 1.29 is 0 Å². The van der Waals surface area contributed by atoms with Crippen molar-refractivity contribution in [2.24, 2.45) is 0 Å². The lowest BCUT2D eigenvalue weighted by atomic mass is 10.2. The predicted molar refractivity (Wildman–Crippen MR) is 102 cm³/mol. The minimum absolute atomic E-state index is 0.0179. The smallest absolute Gasteiger partial charge is 0.258 e. The third-order valence-corrected chi connectivity index (χ3v) is 5.56. The Labute approximate surface area is 158 Å². The number of anilines is 1. The van der Waals surface area contributed by atoms with Gasteiger partial charge in [0, 0.05) is 62.1 Å². The molecule has 0 saturated carbocycles. The molecule has 0 unspecified atom stereocenters. The summed E-state index contributed by atoms with van der Waals surface area (Å²) in [5.74, 6) is 1.65. The van der Waals surface area contributed by atoms with Gasteiger partial charge in [0.15, 0.2) is 4.96 Å². The molecule has 1 aliphatic heterocycles. The molecule has 10 heteroatoms. The molecule has 9 nitrogen and oxygen atoms in total. The molecule has 0 spiro atoms. The molecule has 4 aromatic rings. The highest BCUT2D eigenvalue weighted by Crippen LogP contribution is 2.18. The van der Waals surface area contributed by atoms with Crippen LogP contribution >= 0.6 is 11.3 Å². The van der Waals surface area contributed by atoms with Crippen LogP contribution in [0.1, 0.15) is 11.4 Å². The number of thiazole rings is 1. The van der Waals surface area contributed by atoms with Crippen molar-refractivity contribution in [1.29, 1.82) is 0 Å². The molecule has 0 N–H and O–H groups in total. The van der Waals surface area contributed by atoms with E-state index in [-0.39, 0.29) is 5.56 Å². The third kappa shape index (κ3) is 2.96. The Morgan fingerprint density at radius 2 is 2.00 bits per heavy atom. The Kier molecular flexibility index (Phi) is 3.87. The number of nitrogens with zero attached hydrogens (tertiary/aromatic N) is 8. The zero-order chi connectivity index (χ0) is 18.4. The van der Waals surface area contributed by atoms with E-state index in [0.717, 1.165) is 48.3 Å². The molecule has 0 atom stereocenters. The van der Waals surface area contributed by atoms with E-state index in [1.54, 1.807) is 21.2 Å². The summed E-state index contributed by atoms with van der Waals surface area (Å²) in [6.07, 6.45) is 3.30. The zero-order valence-electron chi connectivity index (χ0n) is 14.8. The van der Waals surface area contributed by atoms with Crippen LogP contribution in [0, 0.1) is 6.92 Å². The van der Waals surface area contributed by atoms with Gasteiger partial charge in [-0.25, -0.2) is 9.97 Å². The number of rotatable bonds is 3. The van der Waals surface area contributed by atoms with Crippen LogP contribution in [0.2, 0.25) is 0 Å². The lowest BCUT2D eigenvalue weighted by Crippen LogP contribution is -2.46. The number of fused-ring (bicyclic) bond motifs is 2. The van der Waals surface area contributed by atoms with Crippen LogP contribution in [0.25, 0.3) is 10.7 Å². The van der Waals surface area contributed by atoms with Crippen LogP contribution < -0.4 is 10.5 Å². The number of piperazine rings is 1. The Morgan fingerprint density at radius 1 is 1.15 bits per heavy atom. The molecule has 0 amide bonds. The highest BCUT2D eigenvalue weighted by atomic mass is 32.1. The average molecular weight is 382 g/mol. The fourth-order valence-corrected chi connectivity index (χ4v) is 4.21. The summed E-state index contributed by atoms with van der Waals surface area (Å²) in [6.45, 7) is 6.19. The third-order valence-electron chi connectivity index (χ3n) is 4.80. The van der Waals surface area contributed by atoms with Crippen molar-refractivity contribution in [3.8, 4) is 0 Å². The summed E-state index contributed by atoms with van der Waals surface area (Å²) in [7, 11) is 0. The second kappa shape index (κ2) is 6.39. The summed E-state index contributed by atoms with van der Waals surface area (Å²) in [5.41, 5.74) is 1.74. The SMILES string of the molecule is Cc1cc(N2CCN(Cc3cc(=O)n4ccsc4n3)CC2)n2ncnc2n1. The fourth-order valence-electron chi connectivity index (χ4n) is 3.47. The van der Waals surface area contributed by atoms with E-state index in [4.69, 9.17) is 0 Å². The van der Waals surface area contributed by atoms with Crippen molar-refractivity contribution in [1.82, 2.24) is 33.9 Å². The molecule has 0 aliphatic carbocycles. The van der Waals surface area contributed by atoms with Gasteiger partial charge >= 0.3 is 0 Å². The normalized spacial score (nSPS) is 15.8. The minimum Gasteiger partial charge on any atom is -0.354 e. The summed E-state index contributed by atoms with van der Waals surface area (Å²) in [4.78, 5) is 30.7. The highest BCUT2D eigenvalue weighted by molar-refractivity contribution is 7.15. The number of hydrogen-bond donors (Lipinski definition) is 0. The van der Waals surface area contributed by atoms with Gasteiger partial charge < -0.3 is 4.90 Å². The van der Waals surface area contributed by atoms with Crippen LogP contribution in [-0.4, -0.2) is 60.0 Å². The van der Waals surface area contributed by atoms with E-state index in [2.05, 4.69) is 29.9 Å². The first kappa shape index (κ1) is 16.3. The Morgan fingerprint density at radius 3 is 2.85 bits per heavy atom. The van der Waals surface area contributed by atoms with Crippen LogP contribution in [0.4, 0.5) is 5.82 Å². The van der Waals surface area contributed by atoms with Gasteiger partial charge in [-0.2, -0.15) is 14.6 Å². The van der Waals surface area contributed by atoms with E-state index < -0.39 is 0 Å². The topological polar surface area (TPSA) is 83.9 Å². The number of aromatic nitrogens is 6. The summed E-state index contributed by atoms with van der Waals surface area (Å²) >= 11 is 1.48. The monoisotopic (exact) mass is 382 g/mol. The van der Waals surface area contributed by atoms with Gasteiger partial charge in [-0.15, -0.1) is 11.3 Å². The van der Waals surface area contributed by atoms with Crippen LogP contribution in [0.15, 0.2) is 34.8 Å². The van der Waals surface area contributed by atoms with E-state index in [1.165, 1.54) is 17.7 Å². The average Bonchev–Trinajstić information content (AvgIpc) is 3.31. The van der Waals surface area contributed by atoms with E-state index in [1.807, 2.05) is 18.4 Å². The largest absolute Gasteiger partial charge is 0.354 e. The van der Waals surface area contributed by atoms with Crippen molar-refractivity contribution in [3.05, 3.63) is 51.8 Å². The molecular formula is C17H18N8OS. The summed E-state index contributed by atoms with van der Waals surface area (Å²) in [6, 6.07) is 3.68. The van der Waals surface area contributed by atoms with Crippen molar-refractivity contribution in [2.75, 3.05) is 31.1 Å². The van der Waals surface area contributed by atoms with Crippen molar-refractivity contribution in [3.63, 3.8) is 0 Å². The molecule has 0 radical (unpaired) electrons.